The Kier molecular flexibility index (Phi) is 23.8. The van der Waals surface area contributed by atoms with Crippen molar-refractivity contribution in [3.8, 4) is 0 Å². The first kappa shape index (κ1) is 27.4. The average Bonchev–Trinajstić information content (AvgIpc) is 2.70. The Morgan fingerprint density at radius 2 is 1.07 bits per heavy atom. The van der Waals surface area contributed by atoms with Gasteiger partial charge in [0.15, 0.2) is 0 Å². The van der Waals surface area contributed by atoms with Gasteiger partial charge in [0.05, 0.1) is 33.0 Å². The summed E-state index contributed by atoms with van der Waals surface area (Å²) in [4.78, 5) is 11.6. The van der Waals surface area contributed by atoms with Gasteiger partial charge in [0.1, 0.15) is 0 Å². The van der Waals surface area contributed by atoms with E-state index in [0.717, 1.165) is 12.8 Å². The van der Waals surface area contributed by atoms with Crippen LogP contribution in [-0.4, -0.2) is 52.7 Å². The molecule has 28 heavy (non-hydrogen) atoms. The van der Waals surface area contributed by atoms with Gasteiger partial charge < -0.3 is 18.9 Å². The molecule has 0 aliphatic rings. The minimum atomic E-state index is -0.108. The molecule has 0 aromatic heterocycles. The standard InChI is InChI=1S/C23H46O5/c1-3-4-5-6-7-8-9-10-11-12-13-14-18-28-23(24)16-15-17-26-21-22-27-20-19-25-2/h3-22H2,1-2H3. The van der Waals surface area contributed by atoms with Crippen LogP contribution in [0.2, 0.25) is 0 Å². The summed E-state index contributed by atoms with van der Waals surface area (Å²) in [5.74, 6) is -0.108. The molecule has 0 spiro atoms. The van der Waals surface area contributed by atoms with Crippen molar-refractivity contribution in [1.82, 2.24) is 0 Å². The van der Waals surface area contributed by atoms with Crippen molar-refractivity contribution in [3.05, 3.63) is 0 Å². The molecule has 0 fully saturated rings. The summed E-state index contributed by atoms with van der Waals surface area (Å²) in [6.07, 6.45) is 16.9. The molecule has 0 atom stereocenters. The molecule has 0 aliphatic heterocycles. The average molecular weight is 403 g/mol. The van der Waals surface area contributed by atoms with Crippen molar-refractivity contribution in [2.24, 2.45) is 0 Å². The van der Waals surface area contributed by atoms with Crippen molar-refractivity contribution >= 4 is 5.97 Å². The lowest BCUT2D eigenvalue weighted by Crippen LogP contribution is -2.10. The molecule has 0 saturated heterocycles. The summed E-state index contributed by atoms with van der Waals surface area (Å²) >= 11 is 0. The predicted octanol–water partition coefficient (Wildman–Crippen LogP) is 5.69. The number of hydrogen-bond acceptors (Lipinski definition) is 5. The van der Waals surface area contributed by atoms with E-state index in [-0.39, 0.29) is 5.97 Å². The number of esters is 1. The summed E-state index contributed by atoms with van der Waals surface area (Å²) in [6, 6.07) is 0. The minimum absolute atomic E-state index is 0.108. The highest BCUT2D eigenvalue weighted by Gasteiger charge is 2.02. The van der Waals surface area contributed by atoms with Crippen molar-refractivity contribution in [3.63, 3.8) is 0 Å². The van der Waals surface area contributed by atoms with Crippen LogP contribution >= 0.6 is 0 Å². The molecular formula is C23H46O5. The monoisotopic (exact) mass is 402 g/mol. The molecule has 0 radical (unpaired) electrons. The van der Waals surface area contributed by atoms with Crippen LogP contribution < -0.4 is 0 Å². The molecule has 0 bridgehead atoms. The topological polar surface area (TPSA) is 54.0 Å². The van der Waals surface area contributed by atoms with Crippen LogP contribution in [0, 0.1) is 0 Å². The van der Waals surface area contributed by atoms with E-state index in [0.29, 0.717) is 52.5 Å². The molecule has 0 aromatic rings. The molecule has 0 rings (SSSR count). The van der Waals surface area contributed by atoms with E-state index in [1.54, 1.807) is 7.11 Å². The predicted molar refractivity (Wildman–Crippen MR) is 115 cm³/mol. The number of hydrogen-bond donors (Lipinski definition) is 0. The smallest absolute Gasteiger partial charge is 0.305 e. The van der Waals surface area contributed by atoms with Gasteiger partial charge in [-0.25, -0.2) is 0 Å². The third-order valence-electron chi connectivity index (χ3n) is 4.73. The fraction of sp³-hybridized carbons (Fsp3) is 0.957. The third kappa shape index (κ3) is 23.4. The van der Waals surface area contributed by atoms with E-state index < -0.39 is 0 Å². The third-order valence-corrected chi connectivity index (χ3v) is 4.73. The summed E-state index contributed by atoms with van der Waals surface area (Å²) in [5.41, 5.74) is 0. The molecule has 0 unspecified atom stereocenters. The first-order valence-electron chi connectivity index (χ1n) is 11.6. The van der Waals surface area contributed by atoms with E-state index in [1.807, 2.05) is 0 Å². The van der Waals surface area contributed by atoms with E-state index >= 15 is 0 Å². The Morgan fingerprint density at radius 1 is 0.571 bits per heavy atom. The lowest BCUT2D eigenvalue weighted by Gasteiger charge is -2.06. The van der Waals surface area contributed by atoms with Gasteiger partial charge >= 0.3 is 5.97 Å². The molecule has 0 heterocycles. The lowest BCUT2D eigenvalue weighted by molar-refractivity contribution is -0.144. The number of rotatable bonds is 23. The molecule has 0 N–H and O–H groups in total. The van der Waals surface area contributed by atoms with Gasteiger partial charge in [-0.05, 0) is 12.8 Å². The second-order valence-corrected chi connectivity index (χ2v) is 7.43. The Morgan fingerprint density at radius 3 is 1.64 bits per heavy atom. The zero-order valence-corrected chi connectivity index (χ0v) is 18.7. The largest absolute Gasteiger partial charge is 0.466 e. The molecule has 168 valence electrons. The maximum Gasteiger partial charge on any atom is 0.305 e. The van der Waals surface area contributed by atoms with Gasteiger partial charge in [-0.3, -0.25) is 4.79 Å². The van der Waals surface area contributed by atoms with Crippen LogP contribution in [0.1, 0.15) is 96.8 Å². The zero-order valence-electron chi connectivity index (χ0n) is 18.7. The number of unbranched alkanes of at least 4 members (excludes halogenated alkanes) is 11. The van der Waals surface area contributed by atoms with Crippen molar-refractivity contribution in [1.29, 1.82) is 0 Å². The quantitative estimate of drug-likeness (QED) is 0.162. The maximum atomic E-state index is 11.6. The second-order valence-electron chi connectivity index (χ2n) is 7.43. The van der Waals surface area contributed by atoms with Gasteiger partial charge in [0, 0.05) is 20.1 Å². The lowest BCUT2D eigenvalue weighted by atomic mass is 10.1. The highest BCUT2D eigenvalue weighted by Crippen LogP contribution is 2.12. The van der Waals surface area contributed by atoms with E-state index in [1.165, 1.54) is 64.2 Å². The molecule has 0 aromatic carbocycles. The van der Waals surface area contributed by atoms with Crippen molar-refractivity contribution < 1.29 is 23.7 Å². The molecule has 5 heteroatoms. The molecule has 0 saturated carbocycles. The van der Waals surface area contributed by atoms with Crippen LogP contribution in [0.3, 0.4) is 0 Å². The summed E-state index contributed by atoms with van der Waals surface area (Å²) in [6.45, 7) is 5.70. The van der Waals surface area contributed by atoms with Gasteiger partial charge in [0.25, 0.3) is 0 Å². The van der Waals surface area contributed by atoms with Crippen LogP contribution in [0.4, 0.5) is 0 Å². The minimum Gasteiger partial charge on any atom is -0.466 e. The van der Waals surface area contributed by atoms with Crippen LogP contribution in [0.25, 0.3) is 0 Å². The Labute approximate surface area is 173 Å². The Balaban J connectivity index is 3.13. The number of carbonyl (C=O) groups excluding carboxylic acids is 1. The number of carbonyl (C=O) groups is 1. The summed E-state index contributed by atoms with van der Waals surface area (Å²) in [7, 11) is 1.65. The second kappa shape index (κ2) is 24.4. The van der Waals surface area contributed by atoms with Gasteiger partial charge in [0.2, 0.25) is 0 Å². The highest BCUT2D eigenvalue weighted by molar-refractivity contribution is 5.69. The molecular weight excluding hydrogens is 356 g/mol. The van der Waals surface area contributed by atoms with Crippen molar-refractivity contribution in [2.45, 2.75) is 96.8 Å². The fourth-order valence-electron chi connectivity index (χ4n) is 2.98. The first-order valence-corrected chi connectivity index (χ1v) is 11.6. The van der Waals surface area contributed by atoms with Gasteiger partial charge in [-0.15, -0.1) is 0 Å². The van der Waals surface area contributed by atoms with Crippen LogP contribution in [0.15, 0.2) is 0 Å². The number of ether oxygens (including phenoxy) is 4. The van der Waals surface area contributed by atoms with Gasteiger partial charge in [-0.1, -0.05) is 77.6 Å². The van der Waals surface area contributed by atoms with Crippen molar-refractivity contribution in [2.75, 3.05) is 46.8 Å². The molecule has 0 aliphatic carbocycles. The SMILES string of the molecule is CCCCCCCCCCCCCCOC(=O)CCCOCCOCCOC. The molecule has 0 amide bonds. The summed E-state index contributed by atoms with van der Waals surface area (Å²) < 4.78 is 20.9. The summed E-state index contributed by atoms with van der Waals surface area (Å²) in [5, 5.41) is 0. The maximum absolute atomic E-state index is 11.6. The Hall–Kier alpha value is -0.650. The van der Waals surface area contributed by atoms with Gasteiger partial charge in [-0.2, -0.15) is 0 Å². The van der Waals surface area contributed by atoms with E-state index in [4.69, 9.17) is 18.9 Å². The van der Waals surface area contributed by atoms with Crippen LogP contribution in [-0.2, 0) is 23.7 Å². The molecule has 5 nitrogen and oxygen atoms in total. The highest BCUT2D eigenvalue weighted by atomic mass is 16.5. The zero-order chi connectivity index (χ0) is 20.5. The first-order chi connectivity index (χ1) is 13.8. The van der Waals surface area contributed by atoms with E-state index in [9.17, 15) is 4.79 Å². The fourth-order valence-corrected chi connectivity index (χ4v) is 2.98. The normalized spacial score (nSPS) is 11.1. The Bertz CT molecular complexity index is 309. The number of methoxy groups -OCH3 is 1. The van der Waals surface area contributed by atoms with E-state index in [2.05, 4.69) is 6.92 Å². The van der Waals surface area contributed by atoms with Crippen LogP contribution in [0.5, 0.6) is 0 Å².